The highest BCUT2D eigenvalue weighted by Gasteiger charge is 2.40. The molecule has 1 fully saturated rings. The van der Waals surface area contributed by atoms with Gasteiger partial charge < -0.3 is 4.74 Å². The van der Waals surface area contributed by atoms with Gasteiger partial charge in [-0.25, -0.2) is 0 Å². The van der Waals surface area contributed by atoms with Crippen LogP contribution in [0.4, 0.5) is 13.2 Å². The van der Waals surface area contributed by atoms with Gasteiger partial charge in [-0.2, -0.15) is 13.2 Å². The van der Waals surface area contributed by atoms with Gasteiger partial charge in [0.05, 0.1) is 6.10 Å². The molecule has 0 aromatic rings. The SMILES string of the molecule is CC(OC1CCCC1Br)C(F)(F)F. The molecule has 0 heterocycles. The van der Waals surface area contributed by atoms with Crippen LogP contribution in [0.2, 0.25) is 0 Å². The van der Waals surface area contributed by atoms with Crippen LogP contribution in [0, 0.1) is 0 Å². The van der Waals surface area contributed by atoms with E-state index < -0.39 is 12.3 Å². The zero-order valence-electron chi connectivity index (χ0n) is 7.27. The molecular formula is C8H12BrF3O. The lowest BCUT2D eigenvalue weighted by atomic mass is 10.3. The van der Waals surface area contributed by atoms with Gasteiger partial charge in [-0.1, -0.05) is 15.9 Å². The van der Waals surface area contributed by atoms with Crippen LogP contribution in [-0.2, 0) is 4.74 Å². The molecule has 3 atom stereocenters. The largest absolute Gasteiger partial charge is 0.414 e. The predicted octanol–water partition coefficient (Wildman–Crippen LogP) is 3.27. The molecule has 13 heavy (non-hydrogen) atoms. The van der Waals surface area contributed by atoms with Crippen molar-refractivity contribution in [3.05, 3.63) is 0 Å². The molecule has 0 aromatic heterocycles. The first-order valence-electron chi connectivity index (χ1n) is 4.27. The fourth-order valence-corrected chi connectivity index (χ4v) is 2.09. The van der Waals surface area contributed by atoms with E-state index in [1.165, 1.54) is 0 Å². The van der Waals surface area contributed by atoms with Crippen LogP contribution < -0.4 is 0 Å². The maximum atomic E-state index is 12.1. The summed E-state index contributed by atoms with van der Waals surface area (Å²) in [5.41, 5.74) is 0. The van der Waals surface area contributed by atoms with E-state index in [4.69, 9.17) is 4.74 Å². The Morgan fingerprint density at radius 1 is 1.38 bits per heavy atom. The molecule has 0 aliphatic heterocycles. The van der Waals surface area contributed by atoms with Crippen LogP contribution in [0.3, 0.4) is 0 Å². The van der Waals surface area contributed by atoms with Gasteiger partial charge in [0.2, 0.25) is 0 Å². The molecule has 1 aliphatic carbocycles. The first kappa shape index (κ1) is 11.3. The summed E-state index contributed by atoms with van der Waals surface area (Å²) in [6.07, 6.45) is -3.63. The average Bonchev–Trinajstić information content (AvgIpc) is 2.34. The lowest BCUT2D eigenvalue weighted by molar-refractivity contribution is -0.225. The molecule has 1 nitrogen and oxygen atoms in total. The minimum Gasteiger partial charge on any atom is -0.365 e. The van der Waals surface area contributed by atoms with Gasteiger partial charge in [0.15, 0.2) is 6.10 Å². The van der Waals surface area contributed by atoms with Crippen molar-refractivity contribution >= 4 is 15.9 Å². The highest BCUT2D eigenvalue weighted by molar-refractivity contribution is 9.09. The van der Waals surface area contributed by atoms with Crippen molar-refractivity contribution in [1.29, 1.82) is 0 Å². The average molecular weight is 261 g/mol. The van der Waals surface area contributed by atoms with E-state index in [9.17, 15) is 13.2 Å². The van der Waals surface area contributed by atoms with Crippen LogP contribution in [0.1, 0.15) is 26.2 Å². The first-order valence-corrected chi connectivity index (χ1v) is 5.19. The van der Waals surface area contributed by atoms with Crippen LogP contribution >= 0.6 is 15.9 Å². The van der Waals surface area contributed by atoms with Crippen LogP contribution in [0.25, 0.3) is 0 Å². The third kappa shape index (κ3) is 3.13. The Bertz CT molecular complexity index is 171. The second-order valence-corrected chi connectivity index (χ2v) is 4.48. The molecule has 0 amide bonds. The van der Waals surface area contributed by atoms with E-state index in [-0.39, 0.29) is 10.9 Å². The monoisotopic (exact) mass is 260 g/mol. The van der Waals surface area contributed by atoms with Crippen LogP contribution in [0.5, 0.6) is 0 Å². The summed E-state index contributed by atoms with van der Waals surface area (Å²) in [5.74, 6) is 0. The molecule has 0 saturated heterocycles. The van der Waals surface area contributed by atoms with Crippen molar-refractivity contribution in [2.75, 3.05) is 0 Å². The summed E-state index contributed by atoms with van der Waals surface area (Å²) in [5, 5.41) is 0. The van der Waals surface area contributed by atoms with Gasteiger partial charge in [-0.05, 0) is 26.2 Å². The molecule has 0 aromatic carbocycles. The van der Waals surface area contributed by atoms with Gasteiger partial charge in [0, 0.05) is 4.83 Å². The van der Waals surface area contributed by atoms with Crippen molar-refractivity contribution in [3.63, 3.8) is 0 Å². The third-order valence-electron chi connectivity index (χ3n) is 2.21. The molecule has 1 saturated carbocycles. The van der Waals surface area contributed by atoms with E-state index in [1.807, 2.05) is 0 Å². The zero-order valence-corrected chi connectivity index (χ0v) is 8.86. The molecule has 1 aliphatic rings. The van der Waals surface area contributed by atoms with Gasteiger partial charge in [0.25, 0.3) is 0 Å². The lowest BCUT2D eigenvalue weighted by Gasteiger charge is -2.22. The molecule has 0 N–H and O–H groups in total. The van der Waals surface area contributed by atoms with Crippen LogP contribution in [0.15, 0.2) is 0 Å². The van der Waals surface area contributed by atoms with E-state index in [1.54, 1.807) is 0 Å². The highest BCUT2D eigenvalue weighted by atomic mass is 79.9. The smallest absolute Gasteiger partial charge is 0.365 e. The molecule has 5 heteroatoms. The Hall–Kier alpha value is 0.230. The molecule has 0 spiro atoms. The second-order valence-electron chi connectivity index (χ2n) is 3.31. The van der Waals surface area contributed by atoms with Gasteiger partial charge >= 0.3 is 6.18 Å². The molecule has 3 unspecified atom stereocenters. The first-order chi connectivity index (χ1) is 5.91. The maximum absolute atomic E-state index is 12.1. The fraction of sp³-hybridized carbons (Fsp3) is 1.00. The van der Waals surface area contributed by atoms with Crippen molar-refractivity contribution in [1.82, 2.24) is 0 Å². The molecule has 0 bridgehead atoms. The normalized spacial score (nSPS) is 32.1. The predicted molar refractivity (Wildman–Crippen MR) is 47.0 cm³/mol. The zero-order chi connectivity index (χ0) is 10.1. The van der Waals surface area contributed by atoms with Gasteiger partial charge in [-0.15, -0.1) is 0 Å². The molecular weight excluding hydrogens is 249 g/mol. The minimum atomic E-state index is -4.24. The number of alkyl halides is 4. The number of ether oxygens (including phenoxy) is 1. The second kappa shape index (κ2) is 4.17. The van der Waals surface area contributed by atoms with E-state index >= 15 is 0 Å². The number of hydrogen-bond acceptors (Lipinski definition) is 1. The molecule has 1 rings (SSSR count). The maximum Gasteiger partial charge on any atom is 0.414 e. The summed E-state index contributed by atoms with van der Waals surface area (Å²) < 4.78 is 41.2. The minimum absolute atomic E-state index is 0.0808. The summed E-state index contributed by atoms with van der Waals surface area (Å²) >= 11 is 3.31. The van der Waals surface area contributed by atoms with Crippen LogP contribution in [-0.4, -0.2) is 23.2 Å². The summed E-state index contributed by atoms with van der Waals surface area (Å²) in [6, 6.07) is 0. The number of halogens is 4. The summed E-state index contributed by atoms with van der Waals surface area (Å²) in [4.78, 5) is 0.0808. The third-order valence-corrected chi connectivity index (χ3v) is 3.26. The van der Waals surface area contributed by atoms with E-state index in [0.29, 0.717) is 0 Å². The lowest BCUT2D eigenvalue weighted by Crippen LogP contribution is -2.34. The van der Waals surface area contributed by atoms with Crippen molar-refractivity contribution in [2.24, 2.45) is 0 Å². The van der Waals surface area contributed by atoms with E-state index in [0.717, 1.165) is 26.2 Å². The summed E-state index contributed by atoms with van der Waals surface area (Å²) in [7, 11) is 0. The Balaban J connectivity index is 2.40. The Morgan fingerprint density at radius 2 is 2.00 bits per heavy atom. The van der Waals surface area contributed by atoms with Gasteiger partial charge in [-0.3, -0.25) is 0 Å². The topological polar surface area (TPSA) is 9.23 Å². The highest BCUT2D eigenvalue weighted by Crippen LogP contribution is 2.32. The quantitative estimate of drug-likeness (QED) is 0.693. The Kier molecular flexibility index (Phi) is 3.63. The fourth-order valence-electron chi connectivity index (χ4n) is 1.37. The number of rotatable bonds is 2. The Morgan fingerprint density at radius 3 is 2.38 bits per heavy atom. The van der Waals surface area contributed by atoms with Gasteiger partial charge in [0.1, 0.15) is 0 Å². The summed E-state index contributed by atoms with van der Waals surface area (Å²) in [6.45, 7) is 1.05. The molecule has 78 valence electrons. The van der Waals surface area contributed by atoms with Crippen molar-refractivity contribution < 1.29 is 17.9 Å². The molecule has 0 radical (unpaired) electrons. The van der Waals surface area contributed by atoms with E-state index in [2.05, 4.69) is 15.9 Å². The van der Waals surface area contributed by atoms with Crippen molar-refractivity contribution in [2.45, 2.75) is 49.4 Å². The van der Waals surface area contributed by atoms with Crippen molar-refractivity contribution in [3.8, 4) is 0 Å². The standard InChI is InChI=1S/C8H12BrF3O/c1-5(8(10,11)12)13-7-4-2-3-6(7)9/h5-7H,2-4H2,1H3. The number of hydrogen-bond donors (Lipinski definition) is 0. The Labute approximate surface area is 83.8 Å².